The van der Waals surface area contributed by atoms with Gasteiger partial charge in [0.05, 0.1) is 12.4 Å². The molecule has 0 radical (unpaired) electrons. The summed E-state index contributed by atoms with van der Waals surface area (Å²) in [6, 6.07) is 5.64. The molecule has 1 rings (SSSR count). The van der Waals surface area contributed by atoms with Crippen molar-refractivity contribution in [3.05, 3.63) is 35.6 Å². The fourth-order valence-corrected chi connectivity index (χ4v) is 1.72. The molecule has 0 spiro atoms. The number of thioether (sulfide) groups is 1. The van der Waals surface area contributed by atoms with Crippen molar-refractivity contribution in [2.45, 2.75) is 12.2 Å². The minimum absolute atomic E-state index is 0.0301. The number of ketones is 1. The molecule has 1 N–H and O–H groups in total. The zero-order chi connectivity index (χ0) is 11.3. The van der Waals surface area contributed by atoms with E-state index in [1.54, 1.807) is 6.07 Å². The minimum Gasteiger partial charge on any atom is -0.395 e. The van der Waals surface area contributed by atoms with Crippen molar-refractivity contribution in [1.29, 1.82) is 0 Å². The molecule has 0 aromatic heterocycles. The van der Waals surface area contributed by atoms with Gasteiger partial charge in [0.1, 0.15) is 5.82 Å². The maximum absolute atomic E-state index is 12.8. The number of hydrogen-bond acceptors (Lipinski definition) is 3. The summed E-state index contributed by atoms with van der Waals surface area (Å²) in [7, 11) is 0. The number of carbonyl (C=O) groups is 1. The molecule has 15 heavy (non-hydrogen) atoms. The van der Waals surface area contributed by atoms with Crippen LogP contribution in [0.25, 0.3) is 0 Å². The van der Waals surface area contributed by atoms with Crippen LogP contribution in [0.15, 0.2) is 24.3 Å². The van der Waals surface area contributed by atoms with Crippen LogP contribution in [0.5, 0.6) is 0 Å². The van der Waals surface area contributed by atoms with Gasteiger partial charge in [-0.05, 0) is 12.1 Å². The predicted molar refractivity (Wildman–Crippen MR) is 59.7 cm³/mol. The van der Waals surface area contributed by atoms with Gasteiger partial charge in [0.2, 0.25) is 0 Å². The number of benzene rings is 1. The van der Waals surface area contributed by atoms with Crippen molar-refractivity contribution >= 4 is 17.5 Å². The Hall–Kier alpha value is -0.870. The van der Waals surface area contributed by atoms with E-state index in [0.29, 0.717) is 5.56 Å². The molecule has 0 saturated heterocycles. The molecule has 0 bridgehead atoms. The van der Waals surface area contributed by atoms with Crippen LogP contribution in [0, 0.1) is 5.82 Å². The van der Waals surface area contributed by atoms with Gasteiger partial charge in [0.15, 0.2) is 5.78 Å². The van der Waals surface area contributed by atoms with Crippen molar-refractivity contribution in [2.24, 2.45) is 0 Å². The van der Waals surface area contributed by atoms with Crippen LogP contribution in [-0.2, 0) is 0 Å². The van der Waals surface area contributed by atoms with E-state index in [9.17, 15) is 9.18 Å². The smallest absolute Gasteiger partial charge is 0.172 e. The highest BCUT2D eigenvalue weighted by molar-refractivity contribution is 8.00. The lowest BCUT2D eigenvalue weighted by molar-refractivity contribution is 0.102. The van der Waals surface area contributed by atoms with Gasteiger partial charge in [-0.2, -0.15) is 0 Å². The van der Waals surface area contributed by atoms with Gasteiger partial charge in [-0.1, -0.05) is 19.1 Å². The van der Waals surface area contributed by atoms with Crippen LogP contribution in [0.3, 0.4) is 0 Å². The number of Topliss-reactive ketones (excluding diaryl/α,β-unsaturated/α-hetero) is 1. The minimum atomic E-state index is -0.402. The standard InChI is InChI=1S/C11H13FO2S/c1-8(6-13)15-7-11(14)9-3-2-4-10(12)5-9/h2-5,8,13H,6-7H2,1H3. The molecule has 0 fully saturated rings. The van der Waals surface area contributed by atoms with E-state index in [4.69, 9.17) is 5.11 Å². The highest BCUT2D eigenvalue weighted by Crippen LogP contribution is 2.13. The first-order valence-corrected chi connectivity index (χ1v) is 5.69. The van der Waals surface area contributed by atoms with E-state index < -0.39 is 5.82 Å². The fraction of sp³-hybridized carbons (Fsp3) is 0.364. The molecular weight excluding hydrogens is 215 g/mol. The maximum atomic E-state index is 12.8. The van der Waals surface area contributed by atoms with Crippen molar-refractivity contribution in [1.82, 2.24) is 0 Å². The molecule has 1 unspecified atom stereocenters. The summed E-state index contributed by atoms with van der Waals surface area (Å²) in [6.45, 7) is 1.88. The summed E-state index contributed by atoms with van der Waals surface area (Å²) in [5.74, 6) is -0.244. The maximum Gasteiger partial charge on any atom is 0.172 e. The first kappa shape index (κ1) is 12.2. The lowest BCUT2D eigenvalue weighted by Crippen LogP contribution is -2.09. The normalized spacial score (nSPS) is 12.5. The zero-order valence-corrected chi connectivity index (χ0v) is 9.26. The molecule has 1 aromatic carbocycles. The fourth-order valence-electron chi connectivity index (χ4n) is 1.02. The Balaban J connectivity index is 2.54. The number of halogens is 1. The Kier molecular flexibility index (Phi) is 4.78. The summed E-state index contributed by atoms with van der Waals surface area (Å²) in [6.07, 6.45) is 0. The summed E-state index contributed by atoms with van der Waals surface area (Å²) < 4.78 is 12.8. The molecule has 82 valence electrons. The Bertz CT molecular complexity index is 341. The molecule has 1 atom stereocenters. The van der Waals surface area contributed by atoms with Crippen LogP contribution < -0.4 is 0 Å². The summed E-state index contributed by atoms with van der Waals surface area (Å²) in [4.78, 5) is 11.5. The molecule has 4 heteroatoms. The second kappa shape index (κ2) is 5.88. The van der Waals surface area contributed by atoms with Gasteiger partial charge in [-0.15, -0.1) is 11.8 Å². The number of rotatable bonds is 5. The molecule has 0 aliphatic rings. The van der Waals surface area contributed by atoms with Gasteiger partial charge >= 0.3 is 0 Å². The van der Waals surface area contributed by atoms with Crippen LogP contribution in [-0.4, -0.2) is 28.5 Å². The number of aliphatic hydroxyl groups is 1. The Morgan fingerprint density at radius 2 is 2.33 bits per heavy atom. The molecule has 2 nitrogen and oxygen atoms in total. The van der Waals surface area contributed by atoms with Crippen LogP contribution in [0.4, 0.5) is 4.39 Å². The average Bonchev–Trinajstić information content (AvgIpc) is 2.25. The third-order valence-corrected chi connectivity index (χ3v) is 3.05. The monoisotopic (exact) mass is 228 g/mol. The van der Waals surface area contributed by atoms with Crippen LogP contribution in [0.1, 0.15) is 17.3 Å². The Morgan fingerprint density at radius 3 is 2.93 bits per heavy atom. The quantitative estimate of drug-likeness (QED) is 0.784. The largest absolute Gasteiger partial charge is 0.395 e. The van der Waals surface area contributed by atoms with E-state index in [1.165, 1.54) is 30.0 Å². The second-order valence-electron chi connectivity index (χ2n) is 3.24. The third kappa shape index (κ3) is 4.01. The number of aliphatic hydroxyl groups excluding tert-OH is 1. The van der Waals surface area contributed by atoms with Crippen molar-refractivity contribution in [3.8, 4) is 0 Å². The molecular formula is C11H13FO2S. The average molecular weight is 228 g/mol. The lowest BCUT2D eigenvalue weighted by Gasteiger charge is -2.06. The summed E-state index contributed by atoms with van der Waals surface area (Å²) in [5, 5.41) is 8.80. The van der Waals surface area contributed by atoms with E-state index in [0.717, 1.165) is 0 Å². The summed E-state index contributed by atoms with van der Waals surface area (Å²) >= 11 is 1.36. The van der Waals surface area contributed by atoms with Gasteiger partial charge in [-0.3, -0.25) is 4.79 Å². The Labute approximate surface area is 92.5 Å². The van der Waals surface area contributed by atoms with Gasteiger partial charge < -0.3 is 5.11 Å². The topological polar surface area (TPSA) is 37.3 Å². The van der Waals surface area contributed by atoms with Gasteiger partial charge in [0.25, 0.3) is 0 Å². The molecule has 0 heterocycles. The highest BCUT2D eigenvalue weighted by atomic mass is 32.2. The van der Waals surface area contributed by atoms with Gasteiger partial charge in [-0.25, -0.2) is 4.39 Å². The number of carbonyl (C=O) groups excluding carboxylic acids is 1. The van der Waals surface area contributed by atoms with E-state index in [-0.39, 0.29) is 23.4 Å². The van der Waals surface area contributed by atoms with Crippen LogP contribution in [0.2, 0.25) is 0 Å². The first-order valence-electron chi connectivity index (χ1n) is 4.64. The first-order chi connectivity index (χ1) is 7.13. The van der Waals surface area contributed by atoms with Crippen molar-refractivity contribution < 1.29 is 14.3 Å². The van der Waals surface area contributed by atoms with E-state index in [1.807, 2.05) is 6.92 Å². The summed E-state index contributed by atoms with van der Waals surface area (Å²) in [5.41, 5.74) is 0.382. The molecule has 0 aliphatic heterocycles. The Morgan fingerprint density at radius 1 is 1.60 bits per heavy atom. The second-order valence-corrected chi connectivity index (χ2v) is 4.66. The molecule has 0 saturated carbocycles. The number of hydrogen-bond donors (Lipinski definition) is 1. The highest BCUT2D eigenvalue weighted by Gasteiger charge is 2.09. The van der Waals surface area contributed by atoms with E-state index >= 15 is 0 Å². The van der Waals surface area contributed by atoms with Crippen molar-refractivity contribution in [2.75, 3.05) is 12.4 Å². The molecule has 1 aromatic rings. The SMILES string of the molecule is CC(CO)SCC(=O)c1cccc(F)c1. The van der Waals surface area contributed by atoms with Crippen molar-refractivity contribution in [3.63, 3.8) is 0 Å². The predicted octanol–water partition coefficient (Wildman–Crippen LogP) is 2.12. The molecule has 0 amide bonds. The lowest BCUT2D eigenvalue weighted by atomic mass is 10.1. The van der Waals surface area contributed by atoms with Gasteiger partial charge in [0, 0.05) is 10.8 Å². The van der Waals surface area contributed by atoms with E-state index in [2.05, 4.69) is 0 Å². The van der Waals surface area contributed by atoms with Crippen LogP contribution >= 0.6 is 11.8 Å². The molecule has 0 aliphatic carbocycles. The zero-order valence-electron chi connectivity index (χ0n) is 8.44. The third-order valence-electron chi connectivity index (χ3n) is 1.90.